The largest absolute Gasteiger partial charge is 0.495 e. The van der Waals surface area contributed by atoms with E-state index in [1.807, 2.05) is 19.1 Å². The van der Waals surface area contributed by atoms with Crippen LogP contribution in [-0.4, -0.2) is 18.1 Å². The molecule has 0 spiro atoms. The fourth-order valence-corrected chi connectivity index (χ4v) is 2.07. The Morgan fingerprint density at radius 2 is 2.11 bits per heavy atom. The molecule has 94 valence electrons. The van der Waals surface area contributed by atoms with Gasteiger partial charge in [0.1, 0.15) is 5.75 Å². The smallest absolute Gasteiger partial charge is 0.325 e. The summed E-state index contributed by atoms with van der Waals surface area (Å²) in [5.74, 6) is 0.614. The van der Waals surface area contributed by atoms with Crippen LogP contribution in [0.4, 0.5) is 15.6 Å². The molecule has 18 heavy (non-hydrogen) atoms. The third-order valence-electron chi connectivity index (χ3n) is 2.20. The zero-order chi connectivity index (χ0) is 13.0. The van der Waals surface area contributed by atoms with E-state index in [4.69, 9.17) is 4.74 Å². The van der Waals surface area contributed by atoms with Gasteiger partial charge >= 0.3 is 6.03 Å². The number of nitrogens with one attached hydrogen (secondary N) is 2. The molecule has 0 aliphatic rings. The Labute approximate surface area is 109 Å². The molecule has 0 atom stereocenters. The molecule has 0 fully saturated rings. The first-order valence-corrected chi connectivity index (χ1v) is 6.14. The molecule has 1 heterocycles. The van der Waals surface area contributed by atoms with E-state index < -0.39 is 0 Å². The SMILES string of the molecule is COc1ccccc1NC(=O)Nc1ncc(C)s1. The average Bonchev–Trinajstić information content (AvgIpc) is 2.75. The number of hydrogen-bond acceptors (Lipinski definition) is 4. The van der Waals surface area contributed by atoms with Crippen molar-refractivity contribution >= 4 is 28.2 Å². The van der Waals surface area contributed by atoms with Crippen LogP contribution in [0.2, 0.25) is 0 Å². The first-order valence-electron chi connectivity index (χ1n) is 5.32. The minimum absolute atomic E-state index is 0.339. The van der Waals surface area contributed by atoms with Crippen LogP contribution in [0, 0.1) is 6.92 Å². The summed E-state index contributed by atoms with van der Waals surface area (Å²) in [5.41, 5.74) is 0.616. The van der Waals surface area contributed by atoms with Gasteiger partial charge in [-0.2, -0.15) is 0 Å². The Hall–Kier alpha value is -2.08. The van der Waals surface area contributed by atoms with Gasteiger partial charge < -0.3 is 10.1 Å². The highest BCUT2D eigenvalue weighted by Gasteiger charge is 2.08. The lowest BCUT2D eigenvalue weighted by Crippen LogP contribution is -2.19. The Morgan fingerprint density at radius 3 is 2.78 bits per heavy atom. The molecule has 0 saturated heterocycles. The van der Waals surface area contributed by atoms with Crippen LogP contribution in [0.3, 0.4) is 0 Å². The standard InChI is InChI=1S/C12H13N3O2S/c1-8-7-13-12(18-8)15-11(16)14-9-5-3-4-6-10(9)17-2/h3-7H,1-2H3,(H2,13,14,15,16). The molecule has 6 heteroatoms. The van der Waals surface area contributed by atoms with Gasteiger partial charge in [-0.25, -0.2) is 9.78 Å². The summed E-state index contributed by atoms with van der Waals surface area (Å²) in [6.45, 7) is 1.93. The summed E-state index contributed by atoms with van der Waals surface area (Å²) in [6.07, 6.45) is 1.71. The Kier molecular flexibility index (Phi) is 3.78. The number of thiazole rings is 1. The number of ether oxygens (including phenoxy) is 1. The fourth-order valence-electron chi connectivity index (χ4n) is 1.41. The number of aryl methyl sites for hydroxylation is 1. The summed E-state index contributed by atoms with van der Waals surface area (Å²) >= 11 is 1.42. The average molecular weight is 263 g/mol. The molecule has 1 aromatic heterocycles. The number of para-hydroxylation sites is 2. The number of carbonyl (C=O) groups excluding carboxylic acids is 1. The molecule has 0 aliphatic carbocycles. The Bertz CT molecular complexity index is 554. The van der Waals surface area contributed by atoms with E-state index in [-0.39, 0.29) is 6.03 Å². The van der Waals surface area contributed by atoms with Crippen molar-refractivity contribution in [3.8, 4) is 5.75 Å². The normalized spacial score (nSPS) is 9.89. The van der Waals surface area contributed by atoms with Crippen molar-refractivity contribution in [2.24, 2.45) is 0 Å². The van der Waals surface area contributed by atoms with E-state index in [0.717, 1.165) is 4.88 Å². The summed E-state index contributed by atoms with van der Waals surface area (Å²) in [7, 11) is 1.56. The number of anilines is 2. The van der Waals surface area contributed by atoms with Crippen LogP contribution < -0.4 is 15.4 Å². The topological polar surface area (TPSA) is 63.2 Å². The zero-order valence-corrected chi connectivity index (χ0v) is 10.9. The van der Waals surface area contributed by atoms with Gasteiger partial charge in [0, 0.05) is 11.1 Å². The number of carbonyl (C=O) groups is 1. The number of rotatable bonds is 3. The highest BCUT2D eigenvalue weighted by Crippen LogP contribution is 2.23. The molecule has 0 saturated carbocycles. The highest BCUT2D eigenvalue weighted by molar-refractivity contribution is 7.15. The van der Waals surface area contributed by atoms with E-state index in [0.29, 0.717) is 16.6 Å². The first-order chi connectivity index (χ1) is 8.69. The first kappa shape index (κ1) is 12.4. The molecule has 1 aromatic carbocycles. The van der Waals surface area contributed by atoms with Crippen LogP contribution in [0.15, 0.2) is 30.5 Å². The number of benzene rings is 1. The number of methoxy groups -OCH3 is 1. The third-order valence-corrected chi connectivity index (χ3v) is 3.03. The second kappa shape index (κ2) is 5.50. The van der Waals surface area contributed by atoms with Crippen molar-refractivity contribution in [3.05, 3.63) is 35.3 Å². The minimum atomic E-state index is -0.339. The van der Waals surface area contributed by atoms with E-state index >= 15 is 0 Å². The maximum atomic E-state index is 11.7. The summed E-state index contributed by atoms with van der Waals surface area (Å²) in [5, 5.41) is 5.94. The monoisotopic (exact) mass is 263 g/mol. The van der Waals surface area contributed by atoms with Crippen LogP contribution >= 0.6 is 11.3 Å². The van der Waals surface area contributed by atoms with Crippen molar-refractivity contribution in [2.75, 3.05) is 17.7 Å². The van der Waals surface area contributed by atoms with Crippen LogP contribution in [-0.2, 0) is 0 Å². The number of nitrogens with zero attached hydrogens (tertiary/aromatic N) is 1. The van der Waals surface area contributed by atoms with Crippen molar-refractivity contribution < 1.29 is 9.53 Å². The number of aromatic nitrogens is 1. The van der Waals surface area contributed by atoms with Crippen LogP contribution in [0.25, 0.3) is 0 Å². The molecule has 2 amide bonds. The number of amides is 2. The minimum Gasteiger partial charge on any atom is -0.495 e. The Morgan fingerprint density at radius 1 is 1.33 bits per heavy atom. The van der Waals surface area contributed by atoms with Gasteiger partial charge in [0.15, 0.2) is 5.13 Å². The maximum Gasteiger partial charge on any atom is 0.325 e. The molecule has 2 rings (SSSR count). The van der Waals surface area contributed by atoms with Crippen molar-refractivity contribution in [3.63, 3.8) is 0 Å². The van der Waals surface area contributed by atoms with E-state index in [1.54, 1.807) is 25.4 Å². The molecule has 0 radical (unpaired) electrons. The zero-order valence-electron chi connectivity index (χ0n) is 10.1. The molecular weight excluding hydrogens is 250 g/mol. The fraction of sp³-hybridized carbons (Fsp3) is 0.167. The van der Waals surface area contributed by atoms with Gasteiger partial charge in [0.05, 0.1) is 12.8 Å². The van der Waals surface area contributed by atoms with Crippen LogP contribution in [0.1, 0.15) is 4.88 Å². The van der Waals surface area contributed by atoms with Gasteiger partial charge in [-0.05, 0) is 19.1 Å². The molecule has 0 aliphatic heterocycles. The van der Waals surface area contributed by atoms with Crippen molar-refractivity contribution in [2.45, 2.75) is 6.92 Å². The predicted octanol–water partition coefficient (Wildman–Crippen LogP) is 3.10. The summed E-state index contributed by atoms with van der Waals surface area (Å²) in [4.78, 5) is 16.8. The predicted molar refractivity (Wildman–Crippen MR) is 72.5 cm³/mol. The highest BCUT2D eigenvalue weighted by atomic mass is 32.1. The van der Waals surface area contributed by atoms with E-state index in [2.05, 4.69) is 15.6 Å². The maximum absolute atomic E-state index is 11.7. The lowest BCUT2D eigenvalue weighted by molar-refractivity contribution is 0.262. The molecule has 0 bridgehead atoms. The van der Waals surface area contributed by atoms with Gasteiger partial charge in [0.25, 0.3) is 0 Å². The molecule has 0 unspecified atom stereocenters. The summed E-state index contributed by atoms with van der Waals surface area (Å²) in [6, 6.07) is 6.88. The second-order valence-electron chi connectivity index (χ2n) is 3.56. The Balaban J connectivity index is 2.03. The van der Waals surface area contributed by atoms with Gasteiger partial charge in [-0.15, -0.1) is 11.3 Å². The summed E-state index contributed by atoms with van der Waals surface area (Å²) < 4.78 is 5.15. The molecule has 2 aromatic rings. The van der Waals surface area contributed by atoms with Gasteiger partial charge in [-0.3, -0.25) is 5.32 Å². The van der Waals surface area contributed by atoms with Crippen molar-refractivity contribution in [1.82, 2.24) is 4.98 Å². The molecule has 5 nitrogen and oxygen atoms in total. The lowest BCUT2D eigenvalue weighted by Gasteiger charge is -2.09. The quantitative estimate of drug-likeness (QED) is 0.894. The van der Waals surface area contributed by atoms with Crippen LogP contribution in [0.5, 0.6) is 5.75 Å². The van der Waals surface area contributed by atoms with E-state index in [9.17, 15) is 4.79 Å². The molecule has 2 N–H and O–H groups in total. The number of hydrogen-bond donors (Lipinski definition) is 2. The van der Waals surface area contributed by atoms with Crippen molar-refractivity contribution in [1.29, 1.82) is 0 Å². The lowest BCUT2D eigenvalue weighted by atomic mass is 10.3. The third kappa shape index (κ3) is 2.98. The molecular formula is C12H13N3O2S. The van der Waals surface area contributed by atoms with Gasteiger partial charge in [-0.1, -0.05) is 12.1 Å². The number of urea groups is 1. The van der Waals surface area contributed by atoms with E-state index in [1.165, 1.54) is 11.3 Å². The second-order valence-corrected chi connectivity index (χ2v) is 4.79. The van der Waals surface area contributed by atoms with Gasteiger partial charge in [0.2, 0.25) is 0 Å².